The summed E-state index contributed by atoms with van der Waals surface area (Å²) in [5.74, 6) is 1.01. The predicted octanol–water partition coefficient (Wildman–Crippen LogP) is 5.74. The summed E-state index contributed by atoms with van der Waals surface area (Å²) >= 11 is 1.56. The van der Waals surface area contributed by atoms with Crippen molar-refractivity contribution in [3.63, 3.8) is 0 Å². The van der Waals surface area contributed by atoms with E-state index in [0.29, 0.717) is 18.1 Å². The quantitative estimate of drug-likeness (QED) is 0.405. The van der Waals surface area contributed by atoms with E-state index < -0.39 is 0 Å². The number of anilines is 1. The molecule has 30 heavy (non-hydrogen) atoms. The number of hydrogen-bond acceptors (Lipinski definition) is 4. The van der Waals surface area contributed by atoms with Gasteiger partial charge in [-0.3, -0.25) is 9.20 Å². The van der Waals surface area contributed by atoms with Crippen molar-refractivity contribution in [2.45, 2.75) is 45.2 Å². The first-order valence-electron chi connectivity index (χ1n) is 10.2. The van der Waals surface area contributed by atoms with Gasteiger partial charge < -0.3 is 5.32 Å². The Balaban J connectivity index is 1.51. The van der Waals surface area contributed by atoms with Gasteiger partial charge in [0, 0.05) is 23.2 Å². The fourth-order valence-corrected chi connectivity index (χ4v) is 4.67. The summed E-state index contributed by atoms with van der Waals surface area (Å²) in [7, 11) is 0. The molecule has 2 aromatic heterocycles. The molecule has 0 atom stereocenters. The van der Waals surface area contributed by atoms with E-state index in [4.69, 9.17) is 0 Å². The Morgan fingerprint density at radius 1 is 1.07 bits per heavy atom. The highest BCUT2D eigenvalue weighted by Gasteiger charge is 2.14. The lowest BCUT2D eigenvalue weighted by Gasteiger charge is -2.13. The molecule has 2 aromatic carbocycles. The third kappa shape index (κ3) is 3.92. The summed E-state index contributed by atoms with van der Waals surface area (Å²) in [4.78, 5) is 12.5. The van der Waals surface area contributed by atoms with Gasteiger partial charge in [0.15, 0.2) is 10.8 Å². The Kier molecular flexibility index (Phi) is 5.77. The second-order valence-corrected chi connectivity index (χ2v) is 8.93. The van der Waals surface area contributed by atoms with Crippen LogP contribution in [0, 0.1) is 13.8 Å². The van der Waals surface area contributed by atoms with E-state index in [1.54, 1.807) is 11.8 Å². The van der Waals surface area contributed by atoms with Gasteiger partial charge in [0.25, 0.3) is 0 Å². The number of thioether (sulfide) groups is 1. The molecule has 154 valence electrons. The van der Waals surface area contributed by atoms with Gasteiger partial charge in [-0.15, -0.1) is 10.2 Å². The van der Waals surface area contributed by atoms with Gasteiger partial charge in [-0.1, -0.05) is 62.0 Å². The molecule has 0 fully saturated rings. The van der Waals surface area contributed by atoms with Gasteiger partial charge >= 0.3 is 0 Å². The van der Waals surface area contributed by atoms with Crippen LogP contribution in [0.4, 0.5) is 5.69 Å². The van der Waals surface area contributed by atoms with E-state index >= 15 is 0 Å². The third-order valence-electron chi connectivity index (χ3n) is 5.31. The highest BCUT2D eigenvalue weighted by molar-refractivity contribution is 7.99. The number of fused-ring (bicyclic) bond motifs is 3. The number of pyridine rings is 1. The fraction of sp³-hybridized carbons (Fsp3) is 0.292. The lowest BCUT2D eigenvalue weighted by atomic mass is 10.0. The molecule has 6 heteroatoms. The number of benzene rings is 2. The molecule has 0 saturated carbocycles. The van der Waals surface area contributed by atoms with Gasteiger partial charge in [-0.2, -0.15) is 0 Å². The Morgan fingerprint density at radius 2 is 1.87 bits per heavy atom. The van der Waals surface area contributed by atoms with Gasteiger partial charge in [-0.25, -0.2) is 0 Å². The minimum absolute atomic E-state index is 0.0151. The van der Waals surface area contributed by atoms with Crippen molar-refractivity contribution in [2.75, 3.05) is 11.1 Å². The standard InChI is InChI=1S/C24H26N4OS/c1-15(2)18-9-5-6-11-20(18)25-22(29)12-13-30-24-27-26-21-14-17(4)19-10-7-8-16(3)23(19)28(21)24/h5-11,14-15H,12-13H2,1-4H3,(H,25,29). The lowest BCUT2D eigenvalue weighted by molar-refractivity contribution is -0.115. The Bertz CT molecular complexity index is 1230. The van der Waals surface area contributed by atoms with E-state index in [2.05, 4.69) is 77.9 Å². The van der Waals surface area contributed by atoms with Crippen LogP contribution in [0.5, 0.6) is 0 Å². The summed E-state index contributed by atoms with van der Waals surface area (Å²) in [6.45, 7) is 8.47. The number of nitrogens with zero attached hydrogens (tertiary/aromatic N) is 3. The maximum atomic E-state index is 12.5. The molecule has 1 amide bonds. The number of carbonyl (C=O) groups is 1. The van der Waals surface area contributed by atoms with E-state index in [0.717, 1.165) is 27.6 Å². The summed E-state index contributed by atoms with van der Waals surface area (Å²) in [6.07, 6.45) is 0.411. The zero-order valence-corrected chi connectivity index (χ0v) is 18.6. The molecular weight excluding hydrogens is 392 g/mol. The largest absolute Gasteiger partial charge is 0.326 e. The van der Waals surface area contributed by atoms with E-state index in [-0.39, 0.29) is 5.91 Å². The van der Waals surface area contributed by atoms with Crippen LogP contribution in [0.15, 0.2) is 53.7 Å². The summed E-state index contributed by atoms with van der Waals surface area (Å²) in [6, 6.07) is 16.4. The average Bonchev–Trinajstić information content (AvgIpc) is 3.11. The third-order valence-corrected chi connectivity index (χ3v) is 6.24. The fourth-order valence-electron chi connectivity index (χ4n) is 3.79. The maximum absolute atomic E-state index is 12.5. The van der Waals surface area contributed by atoms with Crippen molar-refractivity contribution in [3.05, 3.63) is 65.2 Å². The molecule has 0 aliphatic heterocycles. The Morgan fingerprint density at radius 3 is 2.67 bits per heavy atom. The molecule has 0 saturated heterocycles. The van der Waals surface area contributed by atoms with Crippen molar-refractivity contribution in [3.8, 4) is 0 Å². The highest BCUT2D eigenvalue weighted by Crippen LogP contribution is 2.28. The van der Waals surface area contributed by atoms with Gasteiger partial charge in [0.2, 0.25) is 5.91 Å². The zero-order chi connectivity index (χ0) is 21.3. The monoisotopic (exact) mass is 418 g/mol. The lowest BCUT2D eigenvalue weighted by Crippen LogP contribution is -2.14. The molecule has 0 radical (unpaired) electrons. The minimum Gasteiger partial charge on any atom is -0.326 e. The Hall–Kier alpha value is -2.86. The maximum Gasteiger partial charge on any atom is 0.225 e. The second kappa shape index (κ2) is 8.48. The summed E-state index contributed by atoms with van der Waals surface area (Å²) in [5.41, 5.74) is 6.40. The molecule has 4 aromatic rings. The molecule has 0 bridgehead atoms. The number of nitrogens with one attached hydrogen (secondary N) is 1. The van der Waals surface area contributed by atoms with Crippen molar-refractivity contribution in [1.82, 2.24) is 14.6 Å². The van der Waals surface area contributed by atoms with Crippen LogP contribution in [0.2, 0.25) is 0 Å². The van der Waals surface area contributed by atoms with Crippen LogP contribution in [0.1, 0.15) is 42.9 Å². The van der Waals surface area contributed by atoms with Crippen LogP contribution < -0.4 is 5.32 Å². The molecule has 0 aliphatic rings. The number of hydrogen-bond donors (Lipinski definition) is 1. The zero-order valence-electron chi connectivity index (χ0n) is 17.8. The summed E-state index contributed by atoms with van der Waals surface area (Å²) in [5, 5.41) is 13.8. The van der Waals surface area contributed by atoms with E-state index in [9.17, 15) is 4.79 Å². The summed E-state index contributed by atoms with van der Waals surface area (Å²) < 4.78 is 2.11. The molecule has 2 heterocycles. The highest BCUT2D eigenvalue weighted by atomic mass is 32.2. The smallest absolute Gasteiger partial charge is 0.225 e. The van der Waals surface area contributed by atoms with Gasteiger partial charge in [0.05, 0.1) is 5.52 Å². The van der Waals surface area contributed by atoms with Crippen LogP contribution in [0.25, 0.3) is 16.6 Å². The van der Waals surface area contributed by atoms with Crippen molar-refractivity contribution >= 4 is 39.9 Å². The van der Waals surface area contributed by atoms with Crippen molar-refractivity contribution < 1.29 is 4.79 Å². The number of amides is 1. The molecule has 0 aliphatic carbocycles. The minimum atomic E-state index is 0.0151. The molecule has 4 rings (SSSR count). The van der Waals surface area contributed by atoms with Crippen LogP contribution in [-0.2, 0) is 4.79 Å². The SMILES string of the molecule is Cc1cc2nnc(SCCC(=O)Nc3ccccc3C(C)C)n2c2c(C)cccc12. The molecule has 5 nitrogen and oxygen atoms in total. The molecule has 0 spiro atoms. The van der Waals surface area contributed by atoms with E-state index in [1.807, 2.05) is 18.2 Å². The second-order valence-electron chi connectivity index (χ2n) is 7.86. The predicted molar refractivity (Wildman–Crippen MR) is 124 cm³/mol. The molecule has 0 unspecified atom stereocenters. The van der Waals surface area contributed by atoms with Crippen LogP contribution >= 0.6 is 11.8 Å². The molecule has 1 N–H and O–H groups in total. The number of carbonyl (C=O) groups excluding carboxylic acids is 1. The number of para-hydroxylation sites is 2. The van der Waals surface area contributed by atoms with Crippen LogP contribution in [0.3, 0.4) is 0 Å². The first-order chi connectivity index (χ1) is 14.5. The average molecular weight is 419 g/mol. The topological polar surface area (TPSA) is 59.3 Å². The van der Waals surface area contributed by atoms with Crippen molar-refractivity contribution in [1.29, 1.82) is 0 Å². The Labute approximate surface area is 180 Å². The normalized spacial score (nSPS) is 11.5. The van der Waals surface area contributed by atoms with Gasteiger partial charge in [-0.05, 0) is 48.6 Å². The number of rotatable bonds is 6. The van der Waals surface area contributed by atoms with E-state index in [1.165, 1.54) is 16.5 Å². The van der Waals surface area contributed by atoms with Gasteiger partial charge in [0.1, 0.15) is 0 Å². The molecular formula is C24H26N4OS. The van der Waals surface area contributed by atoms with Crippen LogP contribution in [-0.4, -0.2) is 26.3 Å². The number of aromatic nitrogens is 3. The number of aryl methyl sites for hydroxylation is 2. The van der Waals surface area contributed by atoms with Crippen molar-refractivity contribution in [2.24, 2.45) is 0 Å². The first kappa shape index (κ1) is 20.4. The first-order valence-corrected chi connectivity index (χ1v) is 11.2.